The Balaban J connectivity index is 1.59. The van der Waals surface area contributed by atoms with Crippen molar-refractivity contribution in [2.24, 2.45) is 4.99 Å². The maximum Gasteiger partial charge on any atom is 0.459 e. The maximum atomic E-state index is 14.1. The van der Waals surface area contributed by atoms with Crippen LogP contribution in [0.15, 0.2) is 47.7 Å². The highest BCUT2D eigenvalue weighted by Crippen LogP contribution is 2.47. The predicted molar refractivity (Wildman–Crippen MR) is 165 cm³/mol. The first-order valence-electron chi connectivity index (χ1n) is 14.3. The number of aliphatic hydroxyl groups is 2. The van der Waals surface area contributed by atoms with Crippen LogP contribution in [-0.2, 0) is 39.1 Å². The lowest BCUT2D eigenvalue weighted by atomic mass is 9.87. The van der Waals surface area contributed by atoms with E-state index in [1.807, 2.05) is 12.1 Å². The zero-order chi connectivity index (χ0) is 33.0. The van der Waals surface area contributed by atoms with Crippen molar-refractivity contribution < 1.29 is 42.8 Å². The maximum absolute atomic E-state index is 14.1. The zero-order valence-corrected chi connectivity index (χ0v) is 27.0. The van der Waals surface area contributed by atoms with Crippen LogP contribution in [0.25, 0.3) is 5.52 Å². The van der Waals surface area contributed by atoms with Gasteiger partial charge in [-0.2, -0.15) is 10.2 Å². The first-order chi connectivity index (χ1) is 21.2. The Morgan fingerprint density at radius 2 is 1.96 bits per heavy atom. The van der Waals surface area contributed by atoms with E-state index < -0.39 is 50.3 Å². The number of aliphatic hydroxyl groups excluding tert-OH is 2. The van der Waals surface area contributed by atoms with E-state index in [0.717, 1.165) is 5.56 Å². The van der Waals surface area contributed by atoms with Crippen molar-refractivity contribution in [2.45, 2.75) is 63.1 Å². The van der Waals surface area contributed by atoms with Crippen LogP contribution in [0.5, 0.6) is 5.75 Å². The third-order valence-electron chi connectivity index (χ3n) is 7.29. The Labute approximate surface area is 261 Å². The van der Waals surface area contributed by atoms with E-state index in [1.54, 1.807) is 24.3 Å². The summed E-state index contributed by atoms with van der Waals surface area (Å²) in [5.41, 5.74) is 5.95. The molecule has 0 aliphatic carbocycles. The fourth-order valence-corrected chi connectivity index (χ4v) is 6.36. The van der Waals surface area contributed by atoms with Gasteiger partial charge in [0.05, 0.1) is 18.9 Å². The number of nitrogens with two attached hydrogens (primary N) is 1. The second kappa shape index (κ2) is 13.9. The van der Waals surface area contributed by atoms with Crippen molar-refractivity contribution in [1.29, 1.82) is 0 Å². The SMILES string of the molecule is CN=C[C@@]1(c2ccc3c(N)ncnn23)O[C@H](COP(=O)(N[C@@H](C)C(=O)OCCOC)Oc2ccc(C(C)(C)C)cc2)[C@@H](O)[C@H]1O. The number of carbonyl (C=O) groups excluding carboxylic acids is 1. The van der Waals surface area contributed by atoms with Crippen LogP contribution in [0.1, 0.15) is 39.0 Å². The summed E-state index contributed by atoms with van der Waals surface area (Å²) in [5.74, 6) is -0.312. The molecule has 1 aromatic carbocycles. The van der Waals surface area contributed by atoms with Crippen molar-refractivity contribution in [2.75, 3.05) is 39.7 Å². The average Bonchev–Trinajstić information content (AvgIpc) is 3.53. The molecule has 3 aromatic rings. The van der Waals surface area contributed by atoms with Crippen LogP contribution in [-0.4, -0.2) is 95.3 Å². The molecule has 3 heterocycles. The molecule has 16 heteroatoms. The fraction of sp³-hybridized carbons (Fsp3) is 0.517. The lowest BCUT2D eigenvalue weighted by Crippen LogP contribution is -2.43. The molecule has 45 heavy (non-hydrogen) atoms. The van der Waals surface area contributed by atoms with E-state index in [1.165, 1.54) is 38.1 Å². The molecule has 6 atom stereocenters. The molecule has 246 valence electrons. The molecule has 0 radical (unpaired) electrons. The molecule has 1 fully saturated rings. The van der Waals surface area contributed by atoms with Gasteiger partial charge in [0.25, 0.3) is 0 Å². The number of nitrogens with one attached hydrogen (secondary N) is 1. The molecular weight excluding hydrogens is 607 g/mol. The van der Waals surface area contributed by atoms with Gasteiger partial charge in [0.2, 0.25) is 0 Å². The number of aliphatic imine (C=N–C) groups is 1. The number of fused-ring (bicyclic) bond motifs is 1. The summed E-state index contributed by atoms with van der Waals surface area (Å²) in [6.45, 7) is 7.26. The molecule has 1 saturated heterocycles. The van der Waals surface area contributed by atoms with Crippen LogP contribution in [0.4, 0.5) is 5.82 Å². The number of nitrogen functional groups attached to an aromatic ring is 1. The molecule has 0 spiro atoms. The van der Waals surface area contributed by atoms with Crippen LogP contribution in [0.2, 0.25) is 0 Å². The predicted octanol–water partition coefficient (Wildman–Crippen LogP) is 2.00. The Morgan fingerprint density at radius 1 is 1.24 bits per heavy atom. The van der Waals surface area contributed by atoms with Crippen molar-refractivity contribution >= 4 is 31.3 Å². The van der Waals surface area contributed by atoms with E-state index in [2.05, 4.69) is 40.9 Å². The summed E-state index contributed by atoms with van der Waals surface area (Å²) in [6.07, 6.45) is -1.71. The number of hydrogen-bond acceptors (Lipinski definition) is 13. The summed E-state index contributed by atoms with van der Waals surface area (Å²) in [4.78, 5) is 20.6. The topological polar surface area (TPSA) is 201 Å². The number of aromatic nitrogens is 3. The van der Waals surface area contributed by atoms with Gasteiger partial charge in [-0.15, -0.1) is 0 Å². The van der Waals surface area contributed by atoms with E-state index in [-0.39, 0.29) is 30.2 Å². The van der Waals surface area contributed by atoms with Crippen molar-refractivity contribution in [3.63, 3.8) is 0 Å². The quantitative estimate of drug-likeness (QED) is 0.0908. The van der Waals surface area contributed by atoms with E-state index in [4.69, 9.17) is 29.0 Å². The first-order valence-corrected chi connectivity index (χ1v) is 15.8. The van der Waals surface area contributed by atoms with E-state index >= 15 is 0 Å². The summed E-state index contributed by atoms with van der Waals surface area (Å²) in [6, 6.07) is 9.08. The standard InChI is InChI=1S/C29H41N6O9P/c1-18(27(38)41-14-13-40-6)34-45(39,44-20-9-7-19(8-10-20)28(2,3)4)42-15-22-24(36)25(37)29(43-22,16-31-5)23-12-11-21-26(30)32-17-33-35(21)23/h7-12,16-18,22,24-25,36-37H,13-15H2,1-6H3,(H,34,39)(H2,30,32,33)/t18-,22+,24+,25+,29-,45?/m0/s1. The van der Waals surface area contributed by atoms with Gasteiger partial charge in [-0.3, -0.25) is 14.3 Å². The van der Waals surface area contributed by atoms with E-state index in [0.29, 0.717) is 11.2 Å². The van der Waals surface area contributed by atoms with Gasteiger partial charge in [0.1, 0.15) is 48.6 Å². The normalized spacial score (nSPS) is 24.1. The highest BCUT2D eigenvalue weighted by atomic mass is 31.2. The van der Waals surface area contributed by atoms with Gasteiger partial charge in [-0.05, 0) is 42.2 Å². The van der Waals surface area contributed by atoms with Crippen molar-refractivity contribution in [3.05, 3.63) is 54.0 Å². The number of nitrogens with zero attached hydrogens (tertiary/aromatic N) is 4. The summed E-state index contributed by atoms with van der Waals surface area (Å²) >= 11 is 0. The number of ether oxygens (including phenoxy) is 3. The van der Waals surface area contributed by atoms with Crippen LogP contribution < -0.4 is 15.3 Å². The molecule has 5 N–H and O–H groups in total. The monoisotopic (exact) mass is 648 g/mol. The number of hydrogen-bond donors (Lipinski definition) is 4. The Kier molecular flexibility index (Phi) is 10.6. The van der Waals surface area contributed by atoms with Gasteiger partial charge < -0.3 is 34.7 Å². The number of anilines is 1. The lowest BCUT2D eigenvalue weighted by Gasteiger charge is -2.28. The molecule has 1 aliphatic rings. The zero-order valence-electron chi connectivity index (χ0n) is 26.1. The molecule has 1 aliphatic heterocycles. The average molecular weight is 649 g/mol. The largest absolute Gasteiger partial charge is 0.462 e. The Morgan fingerprint density at radius 3 is 2.60 bits per heavy atom. The molecule has 0 amide bonds. The minimum atomic E-state index is -4.34. The Hall–Kier alpha value is -3.43. The fourth-order valence-electron chi connectivity index (χ4n) is 4.86. The van der Waals surface area contributed by atoms with Crippen molar-refractivity contribution in [3.8, 4) is 5.75 Å². The molecule has 2 aromatic heterocycles. The van der Waals surface area contributed by atoms with Gasteiger partial charge in [0.15, 0.2) is 11.4 Å². The number of esters is 1. The summed E-state index contributed by atoms with van der Waals surface area (Å²) < 4.78 is 43.4. The van der Waals surface area contributed by atoms with Gasteiger partial charge in [-0.25, -0.2) is 14.1 Å². The molecular formula is C29H41N6O9P. The second-order valence-corrected chi connectivity index (χ2v) is 13.3. The molecule has 0 bridgehead atoms. The minimum absolute atomic E-state index is 0.00627. The van der Waals surface area contributed by atoms with Crippen LogP contribution in [0.3, 0.4) is 0 Å². The summed E-state index contributed by atoms with van der Waals surface area (Å²) in [7, 11) is -1.39. The van der Waals surface area contributed by atoms with Crippen molar-refractivity contribution in [1.82, 2.24) is 19.7 Å². The molecule has 4 rings (SSSR count). The highest BCUT2D eigenvalue weighted by molar-refractivity contribution is 7.52. The van der Waals surface area contributed by atoms with Crippen LogP contribution >= 0.6 is 7.75 Å². The van der Waals surface area contributed by atoms with E-state index in [9.17, 15) is 19.6 Å². The number of rotatable bonds is 13. The number of carbonyl (C=O) groups is 1. The first kappa shape index (κ1) is 34.4. The number of methoxy groups -OCH3 is 1. The van der Waals surface area contributed by atoms with Gasteiger partial charge in [0, 0.05) is 20.4 Å². The number of benzene rings is 1. The van der Waals surface area contributed by atoms with Gasteiger partial charge >= 0.3 is 13.7 Å². The highest BCUT2D eigenvalue weighted by Gasteiger charge is 2.56. The molecule has 1 unspecified atom stereocenters. The summed E-state index contributed by atoms with van der Waals surface area (Å²) in [5, 5.41) is 29.2. The lowest BCUT2D eigenvalue weighted by molar-refractivity contribution is -0.146. The smallest absolute Gasteiger partial charge is 0.459 e. The molecule has 15 nitrogen and oxygen atoms in total. The second-order valence-electron chi connectivity index (χ2n) is 11.6. The minimum Gasteiger partial charge on any atom is -0.462 e. The van der Waals surface area contributed by atoms with Crippen LogP contribution in [0, 0.1) is 0 Å². The van der Waals surface area contributed by atoms with Gasteiger partial charge in [-0.1, -0.05) is 32.9 Å². The molecule has 0 saturated carbocycles. The third kappa shape index (κ3) is 7.52. The Bertz CT molecular complexity index is 1540. The third-order valence-corrected chi connectivity index (χ3v) is 8.93.